The van der Waals surface area contributed by atoms with Crippen molar-refractivity contribution in [1.82, 2.24) is 0 Å². The van der Waals surface area contributed by atoms with Crippen molar-refractivity contribution in [2.75, 3.05) is 12.4 Å². The minimum atomic E-state index is -0.683. The van der Waals surface area contributed by atoms with Crippen LogP contribution in [0.25, 0.3) is 0 Å². The molecule has 0 fully saturated rings. The van der Waals surface area contributed by atoms with Gasteiger partial charge in [-0.05, 0) is 48.2 Å². The SMILES string of the molecule is COC(=O)c1cccc(NC(=O)C(C)Oc2ccc(C(C)(C)C)cc2)c1. The Kier molecular flexibility index (Phi) is 6.03. The zero-order valence-corrected chi connectivity index (χ0v) is 15.8. The first-order valence-electron chi connectivity index (χ1n) is 8.47. The monoisotopic (exact) mass is 355 g/mol. The van der Waals surface area contributed by atoms with E-state index in [1.165, 1.54) is 12.7 Å². The van der Waals surface area contributed by atoms with E-state index < -0.39 is 12.1 Å². The summed E-state index contributed by atoms with van der Waals surface area (Å²) in [6.07, 6.45) is -0.683. The van der Waals surface area contributed by atoms with E-state index >= 15 is 0 Å². The number of amides is 1. The van der Waals surface area contributed by atoms with Crippen molar-refractivity contribution in [3.8, 4) is 5.75 Å². The van der Waals surface area contributed by atoms with Gasteiger partial charge in [0.25, 0.3) is 5.91 Å². The Balaban J connectivity index is 2.00. The van der Waals surface area contributed by atoms with Gasteiger partial charge in [0.05, 0.1) is 12.7 Å². The average Bonchev–Trinajstić information content (AvgIpc) is 2.60. The second-order valence-corrected chi connectivity index (χ2v) is 7.10. The maximum absolute atomic E-state index is 12.3. The molecule has 0 radical (unpaired) electrons. The summed E-state index contributed by atoms with van der Waals surface area (Å²) in [5.41, 5.74) is 2.14. The van der Waals surface area contributed by atoms with Crippen molar-refractivity contribution in [1.29, 1.82) is 0 Å². The average molecular weight is 355 g/mol. The van der Waals surface area contributed by atoms with Gasteiger partial charge in [-0.3, -0.25) is 4.79 Å². The Hall–Kier alpha value is -2.82. The fourth-order valence-electron chi connectivity index (χ4n) is 2.38. The predicted octanol–water partition coefficient (Wildman–Crippen LogP) is 4.18. The van der Waals surface area contributed by atoms with Gasteiger partial charge in [-0.1, -0.05) is 39.0 Å². The van der Waals surface area contributed by atoms with E-state index in [0.29, 0.717) is 17.0 Å². The third kappa shape index (κ3) is 5.09. The van der Waals surface area contributed by atoms with Crippen LogP contribution in [0.1, 0.15) is 43.6 Å². The highest BCUT2D eigenvalue weighted by Crippen LogP contribution is 2.24. The smallest absolute Gasteiger partial charge is 0.337 e. The number of benzene rings is 2. The molecule has 0 heterocycles. The van der Waals surface area contributed by atoms with Gasteiger partial charge in [0.15, 0.2) is 6.10 Å². The second kappa shape index (κ2) is 8.04. The molecule has 5 nitrogen and oxygen atoms in total. The summed E-state index contributed by atoms with van der Waals surface area (Å²) in [7, 11) is 1.31. The van der Waals surface area contributed by atoms with Crippen LogP contribution >= 0.6 is 0 Å². The van der Waals surface area contributed by atoms with E-state index in [9.17, 15) is 9.59 Å². The molecule has 0 aliphatic heterocycles. The summed E-state index contributed by atoms with van der Waals surface area (Å²) in [5.74, 6) is -0.125. The molecular formula is C21H25NO4. The van der Waals surface area contributed by atoms with E-state index in [4.69, 9.17) is 4.74 Å². The molecule has 1 amide bonds. The molecule has 0 spiro atoms. The first-order valence-corrected chi connectivity index (χ1v) is 8.47. The van der Waals surface area contributed by atoms with Crippen LogP contribution in [0.2, 0.25) is 0 Å². The maximum atomic E-state index is 12.3. The van der Waals surface area contributed by atoms with E-state index in [-0.39, 0.29) is 11.3 Å². The van der Waals surface area contributed by atoms with Gasteiger partial charge in [-0.2, -0.15) is 0 Å². The highest BCUT2D eigenvalue weighted by molar-refractivity contribution is 5.96. The first kappa shape index (κ1) is 19.5. The zero-order chi connectivity index (χ0) is 19.3. The van der Waals surface area contributed by atoms with Crippen molar-refractivity contribution in [2.45, 2.75) is 39.2 Å². The van der Waals surface area contributed by atoms with Crippen LogP contribution < -0.4 is 10.1 Å². The maximum Gasteiger partial charge on any atom is 0.337 e. The number of carbonyl (C=O) groups excluding carboxylic acids is 2. The van der Waals surface area contributed by atoms with Crippen LogP contribution in [0.3, 0.4) is 0 Å². The first-order chi connectivity index (χ1) is 12.2. The molecule has 1 unspecified atom stereocenters. The summed E-state index contributed by atoms with van der Waals surface area (Å²) in [6, 6.07) is 14.3. The summed E-state index contributed by atoms with van der Waals surface area (Å²) in [6.45, 7) is 8.10. The Morgan fingerprint density at radius 2 is 1.69 bits per heavy atom. The third-order valence-corrected chi connectivity index (χ3v) is 3.95. The van der Waals surface area contributed by atoms with E-state index in [2.05, 4.69) is 30.8 Å². The molecule has 0 saturated heterocycles. The number of hydrogen-bond donors (Lipinski definition) is 1. The van der Waals surface area contributed by atoms with Gasteiger partial charge in [0.2, 0.25) is 0 Å². The van der Waals surface area contributed by atoms with Crippen LogP contribution in [0.4, 0.5) is 5.69 Å². The number of anilines is 1. The molecule has 2 aromatic rings. The third-order valence-electron chi connectivity index (χ3n) is 3.95. The number of hydrogen-bond acceptors (Lipinski definition) is 4. The van der Waals surface area contributed by atoms with E-state index in [1.54, 1.807) is 31.2 Å². The number of ether oxygens (including phenoxy) is 2. The van der Waals surface area contributed by atoms with Crippen molar-refractivity contribution in [2.24, 2.45) is 0 Å². The summed E-state index contributed by atoms with van der Waals surface area (Å²) < 4.78 is 10.4. The minimum Gasteiger partial charge on any atom is -0.481 e. The van der Waals surface area contributed by atoms with Gasteiger partial charge in [-0.15, -0.1) is 0 Å². The molecular weight excluding hydrogens is 330 g/mol. The lowest BCUT2D eigenvalue weighted by Crippen LogP contribution is -2.30. The Morgan fingerprint density at radius 3 is 2.27 bits per heavy atom. The predicted molar refractivity (Wildman–Crippen MR) is 102 cm³/mol. The fraction of sp³-hybridized carbons (Fsp3) is 0.333. The molecule has 5 heteroatoms. The lowest BCUT2D eigenvalue weighted by molar-refractivity contribution is -0.122. The summed E-state index contributed by atoms with van der Waals surface area (Å²) in [5, 5.41) is 2.75. The van der Waals surface area contributed by atoms with Gasteiger partial charge in [0, 0.05) is 5.69 Å². The van der Waals surface area contributed by atoms with Crippen LogP contribution in [-0.2, 0) is 14.9 Å². The molecule has 0 aliphatic carbocycles. The number of methoxy groups -OCH3 is 1. The summed E-state index contributed by atoms with van der Waals surface area (Å²) in [4.78, 5) is 23.9. The number of rotatable bonds is 5. The Bertz CT molecular complexity index is 775. The molecule has 0 saturated carbocycles. The molecule has 0 aliphatic rings. The lowest BCUT2D eigenvalue weighted by atomic mass is 9.87. The lowest BCUT2D eigenvalue weighted by Gasteiger charge is -2.20. The van der Waals surface area contributed by atoms with Crippen molar-refractivity contribution in [3.05, 3.63) is 59.7 Å². The largest absolute Gasteiger partial charge is 0.481 e. The van der Waals surface area contributed by atoms with E-state index in [0.717, 1.165) is 0 Å². The van der Waals surface area contributed by atoms with Gasteiger partial charge in [0.1, 0.15) is 5.75 Å². The normalized spacial score (nSPS) is 12.2. The molecule has 0 bridgehead atoms. The molecule has 0 aromatic heterocycles. The van der Waals surface area contributed by atoms with Gasteiger partial charge in [-0.25, -0.2) is 4.79 Å². The van der Waals surface area contributed by atoms with Crippen molar-refractivity contribution >= 4 is 17.6 Å². The Labute approximate surface area is 154 Å². The molecule has 26 heavy (non-hydrogen) atoms. The molecule has 2 rings (SSSR count). The second-order valence-electron chi connectivity index (χ2n) is 7.10. The zero-order valence-electron chi connectivity index (χ0n) is 15.8. The highest BCUT2D eigenvalue weighted by atomic mass is 16.5. The Morgan fingerprint density at radius 1 is 1.04 bits per heavy atom. The van der Waals surface area contributed by atoms with Gasteiger partial charge >= 0.3 is 5.97 Å². The fourth-order valence-corrected chi connectivity index (χ4v) is 2.38. The van der Waals surface area contributed by atoms with Crippen LogP contribution in [-0.4, -0.2) is 25.1 Å². The molecule has 1 N–H and O–H groups in total. The van der Waals surface area contributed by atoms with Crippen LogP contribution in [0.5, 0.6) is 5.75 Å². The quantitative estimate of drug-likeness (QED) is 0.817. The number of esters is 1. The number of nitrogens with one attached hydrogen (secondary N) is 1. The van der Waals surface area contributed by atoms with Crippen molar-refractivity contribution < 1.29 is 19.1 Å². The topological polar surface area (TPSA) is 64.6 Å². The molecule has 138 valence electrons. The summed E-state index contributed by atoms with van der Waals surface area (Å²) >= 11 is 0. The van der Waals surface area contributed by atoms with Crippen molar-refractivity contribution in [3.63, 3.8) is 0 Å². The van der Waals surface area contributed by atoms with Gasteiger partial charge < -0.3 is 14.8 Å². The van der Waals surface area contributed by atoms with E-state index in [1.807, 2.05) is 24.3 Å². The van der Waals surface area contributed by atoms with Crippen LogP contribution in [0.15, 0.2) is 48.5 Å². The molecule has 2 aromatic carbocycles. The van der Waals surface area contributed by atoms with Crippen LogP contribution in [0, 0.1) is 0 Å². The highest BCUT2D eigenvalue weighted by Gasteiger charge is 2.17. The molecule has 1 atom stereocenters. The number of carbonyl (C=O) groups is 2. The standard InChI is InChI=1S/C21H25NO4/c1-14(26-18-11-9-16(10-12-18)21(2,3)4)19(23)22-17-8-6-7-15(13-17)20(24)25-5/h6-14H,1-5H3,(H,22,23). The minimum absolute atomic E-state index is 0.0617.